The normalized spacial score (nSPS) is 31.0. The topological polar surface area (TPSA) is 169 Å². The van der Waals surface area contributed by atoms with Crippen molar-refractivity contribution in [2.45, 2.75) is 102 Å². The molecule has 0 aromatic carbocycles. The Morgan fingerprint density at radius 2 is 1.80 bits per heavy atom. The van der Waals surface area contributed by atoms with Crippen molar-refractivity contribution in [1.82, 2.24) is 5.32 Å². The Hall–Kier alpha value is -0.850. The zero-order valence-electron chi connectivity index (χ0n) is 18.1. The number of aliphatic hydroxyl groups excluding tert-OH is 6. The maximum atomic E-state index is 12.3. The minimum Gasteiger partial charge on any atom is -0.394 e. The molecule has 0 bridgehead atoms. The molecule has 0 aromatic rings. The zero-order chi connectivity index (χ0) is 22.8. The van der Waals surface area contributed by atoms with E-state index in [-0.39, 0.29) is 18.9 Å². The van der Waals surface area contributed by atoms with Crippen LogP contribution in [-0.2, 0) is 14.3 Å². The molecule has 0 saturated carbocycles. The van der Waals surface area contributed by atoms with Crippen LogP contribution in [0, 0.1) is 5.92 Å². The molecule has 1 heterocycles. The van der Waals surface area contributed by atoms with Gasteiger partial charge in [0.25, 0.3) is 0 Å². The number of nitrogens with one attached hydrogen (secondary N) is 1. The van der Waals surface area contributed by atoms with Gasteiger partial charge in [0.1, 0.15) is 24.4 Å². The van der Waals surface area contributed by atoms with E-state index in [1.165, 1.54) is 0 Å². The lowest BCUT2D eigenvalue weighted by atomic mass is 9.96. The number of carbonyl (C=O) groups is 1. The van der Waals surface area contributed by atoms with Crippen LogP contribution in [0.25, 0.3) is 0 Å². The molecule has 10 heteroatoms. The molecule has 0 aromatic heterocycles. The van der Waals surface area contributed by atoms with Crippen molar-refractivity contribution < 1.29 is 44.9 Å². The molecule has 9 atom stereocenters. The molecule has 1 aliphatic rings. The highest BCUT2D eigenvalue weighted by Gasteiger charge is 2.44. The summed E-state index contributed by atoms with van der Waals surface area (Å²) < 4.78 is 10.8. The van der Waals surface area contributed by atoms with Gasteiger partial charge in [-0.2, -0.15) is 0 Å². The number of ether oxygens (including phenoxy) is 2. The summed E-state index contributed by atoms with van der Waals surface area (Å²) in [6.45, 7) is 5.02. The molecule has 30 heavy (non-hydrogen) atoms. The van der Waals surface area contributed by atoms with Gasteiger partial charge in [0.05, 0.1) is 37.9 Å². The van der Waals surface area contributed by atoms with Crippen molar-refractivity contribution in [3.8, 4) is 0 Å². The first kappa shape index (κ1) is 27.2. The number of amides is 1. The van der Waals surface area contributed by atoms with E-state index in [9.17, 15) is 35.4 Å². The Morgan fingerprint density at radius 3 is 2.37 bits per heavy atom. The van der Waals surface area contributed by atoms with Crippen molar-refractivity contribution in [2.75, 3.05) is 13.2 Å². The van der Waals surface area contributed by atoms with Crippen molar-refractivity contribution in [3.05, 3.63) is 0 Å². The van der Waals surface area contributed by atoms with E-state index in [1.54, 1.807) is 0 Å². The Labute approximate surface area is 177 Å². The molecule has 0 aliphatic carbocycles. The van der Waals surface area contributed by atoms with Crippen LogP contribution in [0.3, 0.4) is 0 Å². The Kier molecular flexibility index (Phi) is 12.3. The maximum Gasteiger partial charge on any atom is 0.222 e. The molecule has 178 valence electrons. The van der Waals surface area contributed by atoms with E-state index in [0.29, 0.717) is 12.8 Å². The van der Waals surface area contributed by atoms with Crippen LogP contribution in [0.15, 0.2) is 0 Å². The molecule has 0 radical (unpaired) electrons. The summed E-state index contributed by atoms with van der Waals surface area (Å²) in [4.78, 5) is 12.3. The van der Waals surface area contributed by atoms with Crippen LogP contribution in [-0.4, -0.2) is 98.7 Å². The number of aliphatic hydroxyl groups is 6. The minimum atomic E-state index is -1.58. The first-order valence-corrected chi connectivity index (χ1v) is 10.7. The van der Waals surface area contributed by atoms with E-state index >= 15 is 0 Å². The second kappa shape index (κ2) is 13.5. The van der Waals surface area contributed by atoms with Crippen LogP contribution in [0.4, 0.5) is 0 Å². The quantitative estimate of drug-likeness (QED) is 0.184. The molecular formula is C20H39NO9. The first-order valence-electron chi connectivity index (χ1n) is 10.7. The molecular weight excluding hydrogens is 398 g/mol. The third-order valence-electron chi connectivity index (χ3n) is 5.48. The highest BCUT2D eigenvalue weighted by molar-refractivity contribution is 5.76. The first-order chi connectivity index (χ1) is 14.1. The molecule has 7 N–H and O–H groups in total. The van der Waals surface area contributed by atoms with E-state index in [2.05, 4.69) is 5.32 Å². The van der Waals surface area contributed by atoms with Crippen molar-refractivity contribution >= 4 is 5.91 Å². The Morgan fingerprint density at radius 1 is 1.13 bits per heavy atom. The fourth-order valence-electron chi connectivity index (χ4n) is 3.31. The van der Waals surface area contributed by atoms with Crippen molar-refractivity contribution in [3.63, 3.8) is 0 Å². The molecule has 3 unspecified atom stereocenters. The summed E-state index contributed by atoms with van der Waals surface area (Å²) in [5.41, 5.74) is 0. The van der Waals surface area contributed by atoms with Crippen LogP contribution in [0.1, 0.15) is 52.9 Å². The lowest BCUT2D eigenvalue weighted by molar-refractivity contribution is -0.302. The highest BCUT2D eigenvalue weighted by Crippen LogP contribution is 2.22. The number of hydrogen-bond donors (Lipinski definition) is 7. The van der Waals surface area contributed by atoms with Gasteiger partial charge in [-0.1, -0.05) is 33.6 Å². The summed E-state index contributed by atoms with van der Waals surface area (Å²) in [5.74, 6) is -0.251. The van der Waals surface area contributed by atoms with Crippen molar-refractivity contribution in [2.24, 2.45) is 5.92 Å². The molecule has 1 saturated heterocycles. The predicted molar refractivity (Wildman–Crippen MR) is 107 cm³/mol. The van der Waals surface area contributed by atoms with Gasteiger partial charge >= 0.3 is 0 Å². The monoisotopic (exact) mass is 437 g/mol. The van der Waals surface area contributed by atoms with Crippen molar-refractivity contribution in [1.29, 1.82) is 0 Å². The van der Waals surface area contributed by atoms with Gasteiger partial charge in [-0.05, 0) is 18.8 Å². The summed E-state index contributed by atoms with van der Waals surface area (Å²) in [5, 5.41) is 62.2. The zero-order valence-corrected chi connectivity index (χ0v) is 18.1. The molecule has 10 nitrogen and oxygen atoms in total. The van der Waals surface area contributed by atoms with Gasteiger partial charge in [0.15, 0.2) is 6.29 Å². The van der Waals surface area contributed by atoms with Crippen LogP contribution in [0.5, 0.6) is 0 Å². The smallest absolute Gasteiger partial charge is 0.222 e. The van der Waals surface area contributed by atoms with Gasteiger partial charge in [-0.15, -0.1) is 0 Å². The molecule has 0 spiro atoms. The summed E-state index contributed by atoms with van der Waals surface area (Å²) in [7, 11) is 0. The third-order valence-corrected chi connectivity index (χ3v) is 5.48. The average molecular weight is 438 g/mol. The summed E-state index contributed by atoms with van der Waals surface area (Å²) in [6, 6.07) is -0.840. The average Bonchev–Trinajstić information content (AvgIpc) is 2.70. The summed E-state index contributed by atoms with van der Waals surface area (Å²) in [6.07, 6.45) is -6.53. The molecule has 1 aliphatic heterocycles. The molecule has 1 fully saturated rings. The SMILES string of the molecule is CCC[C@@H](O)CC(=O)N[C@@H](CO[C@H]1OC(CO)[C@H](O)[C@H](O)C1O)[C@H](O)CC(C)CC. The maximum absolute atomic E-state index is 12.3. The Bertz CT molecular complexity index is 493. The highest BCUT2D eigenvalue weighted by atomic mass is 16.7. The van der Waals surface area contributed by atoms with Gasteiger partial charge < -0.3 is 45.4 Å². The predicted octanol–water partition coefficient (Wildman–Crippen LogP) is -1.36. The second-order valence-electron chi connectivity index (χ2n) is 8.17. The molecule has 1 rings (SSSR count). The van der Waals surface area contributed by atoms with Crippen LogP contribution < -0.4 is 5.32 Å². The van der Waals surface area contributed by atoms with E-state index in [4.69, 9.17) is 9.47 Å². The fourth-order valence-corrected chi connectivity index (χ4v) is 3.31. The Balaban J connectivity index is 2.77. The summed E-state index contributed by atoms with van der Waals surface area (Å²) >= 11 is 0. The number of rotatable bonds is 13. The lowest BCUT2D eigenvalue weighted by Crippen LogP contribution is -2.60. The van der Waals surface area contributed by atoms with Gasteiger partial charge in [-0.25, -0.2) is 0 Å². The van der Waals surface area contributed by atoms with Gasteiger partial charge in [0.2, 0.25) is 5.91 Å². The second-order valence-corrected chi connectivity index (χ2v) is 8.17. The van der Waals surface area contributed by atoms with E-state index in [1.807, 2.05) is 20.8 Å². The fraction of sp³-hybridized carbons (Fsp3) is 0.950. The van der Waals surface area contributed by atoms with E-state index in [0.717, 1.165) is 12.8 Å². The van der Waals surface area contributed by atoms with Crippen LogP contribution >= 0.6 is 0 Å². The molecule has 1 amide bonds. The lowest BCUT2D eigenvalue weighted by Gasteiger charge is -2.40. The van der Waals surface area contributed by atoms with Gasteiger partial charge in [-0.3, -0.25) is 4.79 Å². The standard InChI is InChI=1S/C20H39NO9/c1-4-6-12(23)8-16(25)21-13(14(24)7-11(3)5-2)10-29-20-19(28)18(27)17(26)15(9-22)30-20/h11-15,17-20,22-24,26-28H,4-10H2,1-3H3,(H,21,25)/t11?,12-,13+,14-,15?,17+,18+,19?,20+/m1/s1. The number of carbonyl (C=O) groups excluding carboxylic acids is 1. The minimum absolute atomic E-state index is 0.111. The largest absolute Gasteiger partial charge is 0.394 e. The van der Waals surface area contributed by atoms with E-state index < -0.39 is 61.5 Å². The van der Waals surface area contributed by atoms with Gasteiger partial charge in [0, 0.05) is 0 Å². The number of hydrogen-bond acceptors (Lipinski definition) is 9. The van der Waals surface area contributed by atoms with Crippen LogP contribution in [0.2, 0.25) is 0 Å². The third kappa shape index (κ3) is 8.35.